The Morgan fingerprint density at radius 3 is 2.05 bits per heavy atom. The van der Waals surface area contributed by atoms with Gasteiger partial charge in [-0.2, -0.15) is 0 Å². The van der Waals surface area contributed by atoms with E-state index in [9.17, 15) is 33.9 Å². The second-order valence-corrected chi connectivity index (χ2v) is 24.8. The highest BCUT2D eigenvalue weighted by molar-refractivity contribution is 5.86. The van der Waals surface area contributed by atoms with Gasteiger partial charge in [0.25, 0.3) is 0 Å². The van der Waals surface area contributed by atoms with E-state index in [1.165, 1.54) is 5.57 Å². The van der Waals surface area contributed by atoms with E-state index < -0.39 is 40.9 Å². The normalized spacial score (nSPS) is 34.0. The maximum absolute atomic E-state index is 14.6. The molecule has 5 aliphatic rings. The maximum Gasteiger partial charge on any atom is 0.329 e. The van der Waals surface area contributed by atoms with Gasteiger partial charge in [0.15, 0.2) is 0 Å². The number of ether oxygens (including phenoxy) is 2. The number of aliphatic carboxylic acids is 1. The molecule has 5 N–H and O–H groups in total. The van der Waals surface area contributed by atoms with Crippen LogP contribution in [-0.4, -0.2) is 65.0 Å². The summed E-state index contributed by atoms with van der Waals surface area (Å²) in [5.74, 6) is -0.566. The lowest BCUT2D eigenvalue weighted by Crippen LogP contribution is -2.67. The van der Waals surface area contributed by atoms with Gasteiger partial charge in [0.1, 0.15) is 17.7 Å². The fraction of sp³-hybridized carbons (Fsp3) is 0.852. The van der Waals surface area contributed by atoms with Gasteiger partial charge in [0.05, 0.1) is 17.3 Å². The number of carboxylic acid groups (broad SMARTS) is 1. The van der Waals surface area contributed by atoms with Gasteiger partial charge in [-0.15, -0.1) is 0 Å². The van der Waals surface area contributed by atoms with Gasteiger partial charge in [0.2, 0.25) is 17.7 Å². The van der Waals surface area contributed by atoms with Crippen molar-refractivity contribution < 1.29 is 43.3 Å². The molecule has 12 nitrogen and oxygen atoms in total. The predicted molar refractivity (Wildman–Crippen MR) is 256 cm³/mol. The molecule has 11 atom stereocenters. The molecule has 0 radical (unpaired) electrons. The lowest BCUT2D eigenvalue weighted by Gasteiger charge is -2.72. The Bertz CT molecular complexity index is 1840. The van der Waals surface area contributed by atoms with Gasteiger partial charge in [-0.05, 0) is 171 Å². The number of rotatable bonds is 20. The lowest BCUT2D eigenvalue weighted by atomic mass is 9.32. The highest BCUT2D eigenvalue weighted by Gasteiger charge is 2.72. The summed E-state index contributed by atoms with van der Waals surface area (Å²) < 4.78 is 11.6. The van der Waals surface area contributed by atoms with Crippen molar-refractivity contribution in [2.75, 3.05) is 6.54 Å². The molecule has 0 bridgehead atoms. The Hall–Kier alpha value is -3.44. The molecule has 5 rings (SSSR count). The molecule has 0 aromatic heterocycles. The van der Waals surface area contributed by atoms with Crippen LogP contribution < -0.4 is 16.4 Å². The molecule has 3 amide bonds. The zero-order valence-corrected chi connectivity index (χ0v) is 42.9. The van der Waals surface area contributed by atoms with Gasteiger partial charge in [-0.3, -0.25) is 24.0 Å². The van der Waals surface area contributed by atoms with E-state index in [1.54, 1.807) is 34.6 Å². The van der Waals surface area contributed by atoms with Gasteiger partial charge in [-0.1, -0.05) is 72.5 Å². The van der Waals surface area contributed by atoms with Crippen molar-refractivity contribution in [1.82, 2.24) is 10.6 Å². The Morgan fingerprint density at radius 2 is 1.42 bits per heavy atom. The number of esters is 2. The molecule has 12 heteroatoms. The molecule has 0 heterocycles. The van der Waals surface area contributed by atoms with Crippen LogP contribution in [0.5, 0.6) is 0 Å². The van der Waals surface area contributed by atoms with Crippen molar-refractivity contribution in [2.45, 2.75) is 222 Å². The molecular formula is C54H89N3O9. The largest absolute Gasteiger partial charge is 0.481 e. The molecule has 5 aliphatic carbocycles. The number of carboxylic acids is 1. The summed E-state index contributed by atoms with van der Waals surface area (Å²) in [5.41, 5.74) is 4.27. The average molecular weight is 924 g/mol. The fourth-order valence-electron chi connectivity index (χ4n) is 15.0. The second-order valence-electron chi connectivity index (χ2n) is 24.8. The molecule has 0 aromatic carbocycles. The van der Waals surface area contributed by atoms with Crippen LogP contribution in [0.3, 0.4) is 0 Å². The van der Waals surface area contributed by atoms with Gasteiger partial charge in [-0.25, -0.2) is 4.79 Å². The van der Waals surface area contributed by atoms with E-state index in [1.807, 2.05) is 0 Å². The van der Waals surface area contributed by atoms with Gasteiger partial charge < -0.3 is 30.9 Å². The number of fused-ring (bicyclic) bond motifs is 7. The SMILES string of the molecule is C=C(C)[C@@H]1CC[C@]2(C(=O)NCCCCCCCCC(=O)N[C@H](CCC(N)=O)C(=O)OC(C)(C)C)CC[C@]3(C)[C@H](CC[C@@H]4[C@@]5(C)CC[C@H](OC(=O)CC(C)(C)C(=O)O)C(C)(C)[C@@H]5CC[C@]43C)[C@@H]12. The maximum atomic E-state index is 14.6. The van der Waals surface area contributed by atoms with Crippen LogP contribution in [0.2, 0.25) is 0 Å². The number of carbonyl (C=O) groups is 6. The Labute approximate surface area is 397 Å². The molecule has 5 fully saturated rings. The molecule has 0 saturated heterocycles. The van der Waals surface area contributed by atoms with E-state index in [2.05, 4.69) is 58.8 Å². The first-order chi connectivity index (χ1) is 30.6. The Balaban J connectivity index is 1.15. The molecule has 0 aromatic rings. The third-order valence-electron chi connectivity index (χ3n) is 18.7. The predicted octanol–water partition coefficient (Wildman–Crippen LogP) is 10.00. The minimum atomic E-state index is -1.17. The van der Waals surface area contributed by atoms with Crippen LogP contribution in [0.25, 0.3) is 0 Å². The monoisotopic (exact) mass is 924 g/mol. The summed E-state index contributed by atoms with van der Waals surface area (Å²) in [6.45, 7) is 28.1. The summed E-state index contributed by atoms with van der Waals surface area (Å²) in [5, 5.41) is 15.9. The smallest absolute Gasteiger partial charge is 0.329 e. The summed E-state index contributed by atoms with van der Waals surface area (Å²) in [4.78, 5) is 76.3. The van der Waals surface area contributed by atoms with Crippen molar-refractivity contribution in [3.05, 3.63) is 12.2 Å². The number of carbonyl (C=O) groups excluding carboxylic acids is 5. The first-order valence-corrected chi connectivity index (χ1v) is 25.7. The number of nitrogens with two attached hydrogens (primary N) is 1. The van der Waals surface area contributed by atoms with E-state index in [0.717, 1.165) is 96.3 Å². The average Bonchev–Trinajstić information content (AvgIpc) is 3.60. The number of amides is 3. The second kappa shape index (κ2) is 20.3. The lowest BCUT2D eigenvalue weighted by molar-refractivity contribution is -0.249. The number of unbranched alkanes of at least 4 members (excludes halogenated alkanes) is 5. The van der Waals surface area contributed by atoms with Crippen molar-refractivity contribution in [3.63, 3.8) is 0 Å². The van der Waals surface area contributed by atoms with Gasteiger partial charge in [0, 0.05) is 24.8 Å². The minimum Gasteiger partial charge on any atom is -0.481 e. The number of allylic oxidation sites excluding steroid dienone is 1. The summed E-state index contributed by atoms with van der Waals surface area (Å²) >= 11 is 0. The summed E-state index contributed by atoms with van der Waals surface area (Å²) in [6, 6.07) is -0.912. The number of hydrogen-bond acceptors (Lipinski definition) is 8. The number of nitrogens with one attached hydrogen (secondary N) is 2. The minimum absolute atomic E-state index is 0.0216. The van der Waals surface area contributed by atoms with E-state index >= 15 is 0 Å². The van der Waals surface area contributed by atoms with E-state index in [0.29, 0.717) is 36.6 Å². The van der Waals surface area contributed by atoms with Crippen LogP contribution >= 0.6 is 0 Å². The fourth-order valence-corrected chi connectivity index (χ4v) is 15.0. The third-order valence-corrected chi connectivity index (χ3v) is 18.7. The van der Waals surface area contributed by atoms with Crippen molar-refractivity contribution in [2.24, 2.45) is 67.8 Å². The van der Waals surface area contributed by atoms with Crippen LogP contribution in [-0.2, 0) is 38.2 Å². The summed E-state index contributed by atoms with van der Waals surface area (Å²) in [7, 11) is 0. The zero-order chi connectivity index (χ0) is 49.3. The van der Waals surface area contributed by atoms with E-state index in [4.69, 9.17) is 15.2 Å². The van der Waals surface area contributed by atoms with Crippen LogP contribution in [0.15, 0.2) is 12.2 Å². The van der Waals surface area contributed by atoms with Crippen LogP contribution in [0, 0.1) is 62.1 Å². The molecule has 5 saturated carbocycles. The standard InChI is InChI=1S/C54H89N3O9/c1-34(2)35-24-29-54(46(62)56-32-18-16-14-13-15-17-19-42(59)57-37(21-23-41(55)58)45(61)66-48(3,4)5)31-30-52(11)36(44(35)54)20-22-39-51(10)27-26-40(65-43(60)33-49(6,7)47(63)64)50(8,9)38(51)25-28-53(39,52)12/h35-40,44H,1,13-33H2,2-12H3,(H2,55,58)(H,56,62)(H,57,59)(H,63,64)/t35-,36+,37+,38-,39+,40-,44+,51-,52+,53+,54-/m0/s1. The summed E-state index contributed by atoms with van der Waals surface area (Å²) in [6.07, 6.45) is 15.6. The molecule has 0 aliphatic heterocycles. The zero-order valence-electron chi connectivity index (χ0n) is 42.9. The molecular weight excluding hydrogens is 835 g/mol. The Morgan fingerprint density at radius 1 is 0.773 bits per heavy atom. The van der Waals surface area contributed by atoms with Crippen LogP contribution in [0.1, 0.15) is 205 Å². The molecule has 374 valence electrons. The topological polar surface area (TPSA) is 191 Å². The van der Waals surface area contributed by atoms with Crippen molar-refractivity contribution >= 4 is 35.6 Å². The first kappa shape index (κ1) is 53.5. The molecule has 0 spiro atoms. The Kier molecular flexibility index (Phi) is 16.4. The first-order valence-electron chi connectivity index (χ1n) is 25.7. The van der Waals surface area contributed by atoms with E-state index in [-0.39, 0.29) is 76.6 Å². The van der Waals surface area contributed by atoms with Crippen molar-refractivity contribution in [3.8, 4) is 0 Å². The molecule has 0 unspecified atom stereocenters. The van der Waals surface area contributed by atoms with Crippen molar-refractivity contribution in [1.29, 1.82) is 0 Å². The highest BCUT2D eigenvalue weighted by atomic mass is 16.6. The third kappa shape index (κ3) is 10.9. The quantitative estimate of drug-likeness (QED) is 0.0523. The number of primary amides is 1. The highest BCUT2D eigenvalue weighted by Crippen LogP contribution is 2.77. The van der Waals surface area contributed by atoms with Crippen LogP contribution in [0.4, 0.5) is 0 Å². The number of hydrogen-bond donors (Lipinski definition) is 4. The molecule has 66 heavy (non-hydrogen) atoms. The van der Waals surface area contributed by atoms with Gasteiger partial charge >= 0.3 is 17.9 Å².